The Labute approximate surface area is 164 Å². The summed E-state index contributed by atoms with van der Waals surface area (Å²) in [6.45, 7) is 10.4. The van der Waals surface area contributed by atoms with Gasteiger partial charge in [-0.2, -0.15) is 0 Å². The first-order valence-corrected chi connectivity index (χ1v) is 10.3. The summed E-state index contributed by atoms with van der Waals surface area (Å²) >= 11 is 6.73. The molecular weight excluding hydrogens is 368 g/mol. The average molecular weight is 397 g/mol. The summed E-state index contributed by atoms with van der Waals surface area (Å²) in [4.78, 5) is 25.0. The molecule has 26 heavy (non-hydrogen) atoms. The van der Waals surface area contributed by atoms with Gasteiger partial charge in [0.15, 0.2) is 5.11 Å². The van der Waals surface area contributed by atoms with Crippen LogP contribution in [0.15, 0.2) is 0 Å². The van der Waals surface area contributed by atoms with Gasteiger partial charge in [-0.3, -0.25) is 4.79 Å². The molecule has 1 amide bonds. The van der Waals surface area contributed by atoms with Crippen molar-refractivity contribution in [2.24, 2.45) is 11.3 Å². The van der Waals surface area contributed by atoms with E-state index in [1.807, 2.05) is 0 Å². The summed E-state index contributed by atoms with van der Waals surface area (Å²) in [5.74, 6) is 0.0152. The number of rotatable bonds is 5. The third-order valence-corrected chi connectivity index (χ3v) is 6.65. The van der Waals surface area contributed by atoms with Gasteiger partial charge in [-0.1, -0.05) is 27.2 Å². The first-order chi connectivity index (χ1) is 12.2. The van der Waals surface area contributed by atoms with E-state index in [1.54, 1.807) is 18.3 Å². The molecule has 2 N–H and O–H groups in total. The SMILES string of the molecule is CCOC(=O)c1c(NC(=S)NC(C)=O)sc2c1CCC(C(C)(C)CC)C2. The maximum atomic E-state index is 12.6. The lowest BCUT2D eigenvalue weighted by Gasteiger charge is -2.36. The standard InChI is InChI=1S/C19H28N2O3S2/c1-6-19(4,5)12-8-9-13-14(10-12)26-16(15(13)17(23)24-7-2)21-18(25)20-11(3)22/h12H,6-10H2,1-5H3,(H2,20,21,22,25). The van der Waals surface area contributed by atoms with Gasteiger partial charge in [0.05, 0.1) is 12.2 Å². The molecule has 1 heterocycles. The lowest BCUT2D eigenvalue weighted by atomic mass is 9.69. The zero-order valence-corrected chi connectivity index (χ0v) is 17.8. The van der Waals surface area contributed by atoms with Crippen LogP contribution in [0.3, 0.4) is 0 Å². The zero-order chi connectivity index (χ0) is 19.5. The molecule has 0 aromatic carbocycles. The average Bonchev–Trinajstić information content (AvgIpc) is 2.90. The molecule has 0 bridgehead atoms. The second-order valence-corrected chi connectivity index (χ2v) is 8.86. The van der Waals surface area contributed by atoms with E-state index in [4.69, 9.17) is 17.0 Å². The highest BCUT2D eigenvalue weighted by Crippen LogP contribution is 2.45. The minimum absolute atomic E-state index is 0.201. The van der Waals surface area contributed by atoms with Gasteiger partial charge in [0, 0.05) is 11.8 Å². The van der Waals surface area contributed by atoms with E-state index >= 15 is 0 Å². The molecule has 0 aliphatic heterocycles. The molecule has 0 fully saturated rings. The Morgan fingerprint density at radius 3 is 2.62 bits per heavy atom. The van der Waals surface area contributed by atoms with Crippen LogP contribution in [0.4, 0.5) is 5.00 Å². The predicted molar refractivity (Wildman–Crippen MR) is 110 cm³/mol. The van der Waals surface area contributed by atoms with Crippen molar-refractivity contribution in [1.29, 1.82) is 0 Å². The Bertz CT molecular complexity index is 710. The summed E-state index contributed by atoms with van der Waals surface area (Å²) in [7, 11) is 0. The maximum Gasteiger partial charge on any atom is 0.341 e. The number of thiocarbonyl (C=S) groups is 1. The molecule has 1 atom stereocenters. The normalized spacial score (nSPS) is 16.6. The van der Waals surface area contributed by atoms with Gasteiger partial charge in [0.25, 0.3) is 0 Å². The molecule has 1 aromatic heterocycles. The van der Waals surface area contributed by atoms with Crippen molar-refractivity contribution in [1.82, 2.24) is 5.32 Å². The summed E-state index contributed by atoms with van der Waals surface area (Å²) in [5, 5.41) is 6.44. The monoisotopic (exact) mass is 396 g/mol. The van der Waals surface area contributed by atoms with Crippen molar-refractivity contribution in [2.75, 3.05) is 11.9 Å². The Hall–Kier alpha value is -1.47. The maximum absolute atomic E-state index is 12.6. The number of amides is 1. The van der Waals surface area contributed by atoms with Gasteiger partial charge >= 0.3 is 5.97 Å². The van der Waals surface area contributed by atoms with Crippen LogP contribution in [0.1, 0.15) is 68.3 Å². The van der Waals surface area contributed by atoms with Crippen molar-refractivity contribution in [3.8, 4) is 0 Å². The van der Waals surface area contributed by atoms with Gasteiger partial charge in [0.1, 0.15) is 5.00 Å². The van der Waals surface area contributed by atoms with Gasteiger partial charge in [-0.15, -0.1) is 11.3 Å². The molecule has 1 aliphatic carbocycles. The van der Waals surface area contributed by atoms with Crippen LogP contribution in [-0.4, -0.2) is 23.6 Å². The Morgan fingerprint density at radius 1 is 1.35 bits per heavy atom. The van der Waals surface area contributed by atoms with Crippen LogP contribution in [0, 0.1) is 11.3 Å². The zero-order valence-electron chi connectivity index (χ0n) is 16.2. The lowest BCUT2D eigenvalue weighted by molar-refractivity contribution is -0.117. The molecule has 0 saturated heterocycles. The number of thiophene rings is 1. The number of hydrogen-bond donors (Lipinski definition) is 2. The van der Waals surface area contributed by atoms with Gasteiger partial charge in [0.2, 0.25) is 5.91 Å². The topological polar surface area (TPSA) is 67.4 Å². The van der Waals surface area contributed by atoms with Gasteiger partial charge < -0.3 is 15.4 Å². The van der Waals surface area contributed by atoms with E-state index in [1.165, 1.54) is 11.8 Å². The van der Waals surface area contributed by atoms with Crippen molar-refractivity contribution in [2.45, 2.75) is 60.3 Å². The van der Waals surface area contributed by atoms with Crippen LogP contribution in [0.2, 0.25) is 0 Å². The summed E-state index contributed by atoms with van der Waals surface area (Å²) in [5.41, 5.74) is 1.92. The van der Waals surface area contributed by atoms with E-state index in [-0.39, 0.29) is 22.4 Å². The summed E-state index contributed by atoms with van der Waals surface area (Å²) < 4.78 is 5.27. The molecule has 5 nitrogen and oxygen atoms in total. The van der Waals surface area contributed by atoms with Crippen LogP contribution >= 0.6 is 23.6 Å². The number of hydrogen-bond acceptors (Lipinski definition) is 5. The van der Waals surface area contributed by atoms with Crippen LogP contribution in [-0.2, 0) is 22.4 Å². The van der Waals surface area contributed by atoms with Crippen molar-refractivity contribution < 1.29 is 14.3 Å². The highest BCUT2D eigenvalue weighted by Gasteiger charge is 2.35. The number of nitrogens with one attached hydrogen (secondary N) is 2. The van der Waals surface area contributed by atoms with Crippen molar-refractivity contribution in [3.05, 3.63) is 16.0 Å². The summed E-state index contributed by atoms with van der Waals surface area (Å²) in [6, 6.07) is 0. The minimum atomic E-state index is -0.327. The van der Waals surface area contributed by atoms with E-state index in [2.05, 4.69) is 31.4 Å². The second kappa shape index (κ2) is 8.48. The van der Waals surface area contributed by atoms with Crippen LogP contribution < -0.4 is 10.6 Å². The second-order valence-electron chi connectivity index (χ2n) is 7.35. The fraction of sp³-hybridized carbons (Fsp3) is 0.632. The molecule has 1 unspecified atom stereocenters. The molecule has 7 heteroatoms. The Balaban J connectivity index is 2.35. The largest absolute Gasteiger partial charge is 0.462 e. The van der Waals surface area contributed by atoms with Gasteiger partial charge in [-0.25, -0.2) is 4.79 Å². The van der Waals surface area contributed by atoms with Gasteiger partial charge in [-0.05, 0) is 55.3 Å². The first kappa shape index (κ1) is 20.8. The number of anilines is 1. The number of carbonyl (C=O) groups excluding carboxylic acids is 2. The first-order valence-electron chi connectivity index (χ1n) is 9.09. The molecule has 1 aliphatic rings. The molecule has 0 radical (unpaired) electrons. The van der Waals surface area contributed by atoms with Crippen molar-refractivity contribution in [3.63, 3.8) is 0 Å². The number of fused-ring (bicyclic) bond motifs is 1. The summed E-state index contributed by atoms with van der Waals surface area (Å²) in [6.07, 6.45) is 4.01. The lowest BCUT2D eigenvalue weighted by Crippen LogP contribution is -2.32. The number of carbonyl (C=O) groups is 2. The van der Waals surface area contributed by atoms with Crippen LogP contribution in [0.25, 0.3) is 0 Å². The predicted octanol–water partition coefficient (Wildman–Crippen LogP) is 4.30. The minimum Gasteiger partial charge on any atom is -0.462 e. The highest BCUT2D eigenvalue weighted by molar-refractivity contribution is 7.80. The number of esters is 1. The molecule has 1 aromatic rings. The molecule has 2 rings (SSSR count). The molecular formula is C19H28N2O3S2. The van der Waals surface area contributed by atoms with E-state index in [0.29, 0.717) is 23.1 Å². The highest BCUT2D eigenvalue weighted by atomic mass is 32.1. The van der Waals surface area contributed by atoms with E-state index in [0.717, 1.165) is 31.2 Å². The third-order valence-electron chi connectivity index (χ3n) is 5.28. The van der Waals surface area contributed by atoms with Crippen molar-refractivity contribution >= 4 is 45.5 Å². The third kappa shape index (κ3) is 4.62. The van der Waals surface area contributed by atoms with E-state index in [9.17, 15) is 9.59 Å². The number of ether oxygens (including phenoxy) is 1. The fourth-order valence-electron chi connectivity index (χ4n) is 3.34. The van der Waals surface area contributed by atoms with Crippen LogP contribution in [0.5, 0.6) is 0 Å². The Kier molecular flexibility index (Phi) is 6.80. The molecule has 144 valence electrons. The quantitative estimate of drug-likeness (QED) is 0.574. The fourth-order valence-corrected chi connectivity index (χ4v) is 4.97. The molecule has 0 spiro atoms. The van der Waals surface area contributed by atoms with E-state index < -0.39 is 0 Å². The molecule has 0 saturated carbocycles. The smallest absolute Gasteiger partial charge is 0.341 e. The Morgan fingerprint density at radius 2 is 2.04 bits per heavy atom.